The first-order chi connectivity index (χ1) is 8.90. The summed E-state index contributed by atoms with van der Waals surface area (Å²) >= 11 is 5.11. The van der Waals surface area contributed by atoms with Crippen LogP contribution in [0.5, 0.6) is 0 Å². The van der Waals surface area contributed by atoms with Gasteiger partial charge in [-0.25, -0.2) is 0 Å². The highest BCUT2D eigenvalue weighted by Crippen LogP contribution is 2.25. The van der Waals surface area contributed by atoms with Gasteiger partial charge in [-0.2, -0.15) is 11.8 Å². The second-order valence-electron chi connectivity index (χ2n) is 4.94. The third-order valence-corrected chi connectivity index (χ3v) is 5.33. The summed E-state index contributed by atoms with van der Waals surface area (Å²) in [5.41, 5.74) is 0.709. The van der Waals surface area contributed by atoms with E-state index in [4.69, 9.17) is 0 Å². The van der Waals surface area contributed by atoms with E-state index in [9.17, 15) is 9.59 Å². The fourth-order valence-electron chi connectivity index (χ4n) is 2.27. The molecule has 1 saturated heterocycles. The molecule has 2 heterocycles. The van der Waals surface area contributed by atoms with Gasteiger partial charge in [-0.1, -0.05) is 13.8 Å². The Hall–Kier alpha value is -0.750. The predicted octanol–water partition coefficient (Wildman–Crippen LogP) is 2.41. The number of halogens is 1. The molecule has 6 heteroatoms. The summed E-state index contributed by atoms with van der Waals surface area (Å²) in [6.45, 7) is 7.39. The largest absolute Gasteiger partial charge is 0.363 e. The molecule has 0 unspecified atom stereocenters. The van der Waals surface area contributed by atoms with E-state index in [2.05, 4.69) is 34.8 Å². The summed E-state index contributed by atoms with van der Waals surface area (Å²) < 4.78 is 0.436. The first-order valence-corrected chi connectivity index (χ1v) is 7.96. The summed E-state index contributed by atoms with van der Waals surface area (Å²) in [5.74, 6) is -0.180. The maximum Gasteiger partial charge on any atom is 0.259 e. The number of thioether (sulfide) groups is 1. The van der Waals surface area contributed by atoms with Gasteiger partial charge in [-0.05, 0) is 22.9 Å². The van der Waals surface area contributed by atoms with Crippen molar-refractivity contribution in [3.8, 4) is 0 Å². The van der Waals surface area contributed by atoms with Crippen molar-refractivity contribution in [2.45, 2.75) is 31.3 Å². The molecule has 1 aliphatic rings. The van der Waals surface area contributed by atoms with E-state index in [-0.39, 0.29) is 16.9 Å². The smallest absolute Gasteiger partial charge is 0.259 e. The third-order valence-electron chi connectivity index (χ3n) is 3.14. The summed E-state index contributed by atoms with van der Waals surface area (Å²) in [4.78, 5) is 29.3. The molecule has 2 rings (SSSR count). The van der Waals surface area contributed by atoms with Crippen LogP contribution in [-0.2, 0) is 0 Å². The molecule has 2 atom stereocenters. The number of carbonyl (C=O) groups is 1. The van der Waals surface area contributed by atoms with E-state index in [0.29, 0.717) is 28.1 Å². The van der Waals surface area contributed by atoms with Gasteiger partial charge in [-0.3, -0.25) is 9.59 Å². The van der Waals surface area contributed by atoms with Gasteiger partial charge in [0.1, 0.15) is 5.56 Å². The Balaban J connectivity index is 2.30. The first kappa shape index (κ1) is 14.7. The lowest BCUT2D eigenvalue weighted by atomic mass is 10.2. The molecule has 1 aromatic rings. The number of rotatable bonds is 1. The molecule has 1 fully saturated rings. The Labute approximate surface area is 125 Å². The van der Waals surface area contributed by atoms with E-state index < -0.39 is 0 Å². The zero-order valence-electron chi connectivity index (χ0n) is 11.2. The molecule has 0 spiro atoms. The Morgan fingerprint density at radius 3 is 2.58 bits per heavy atom. The van der Waals surface area contributed by atoms with Crippen molar-refractivity contribution in [3.05, 3.63) is 32.2 Å². The maximum atomic E-state index is 12.5. The van der Waals surface area contributed by atoms with Crippen LogP contribution in [0, 0.1) is 6.92 Å². The van der Waals surface area contributed by atoms with Gasteiger partial charge in [0, 0.05) is 35.5 Å². The molecular formula is C13H17BrN2O2S. The average molecular weight is 345 g/mol. The monoisotopic (exact) mass is 344 g/mol. The summed E-state index contributed by atoms with van der Waals surface area (Å²) in [6.07, 6.45) is 1.52. The number of amides is 1. The number of H-pyrrole nitrogens is 1. The minimum Gasteiger partial charge on any atom is -0.363 e. The van der Waals surface area contributed by atoms with Gasteiger partial charge < -0.3 is 9.88 Å². The van der Waals surface area contributed by atoms with Gasteiger partial charge in [0.2, 0.25) is 5.43 Å². The topological polar surface area (TPSA) is 53.2 Å². The lowest BCUT2D eigenvalue weighted by Gasteiger charge is -2.34. The van der Waals surface area contributed by atoms with Crippen molar-refractivity contribution in [2.75, 3.05) is 13.1 Å². The number of hydrogen-bond donors (Lipinski definition) is 1. The lowest BCUT2D eigenvalue weighted by molar-refractivity contribution is 0.0751. The Bertz CT molecular complexity index is 548. The van der Waals surface area contributed by atoms with E-state index in [1.54, 1.807) is 11.8 Å². The van der Waals surface area contributed by atoms with E-state index in [1.807, 2.05) is 11.8 Å². The Kier molecular flexibility index (Phi) is 4.40. The fraction of sp³-hybridized carbons (Fsp3) is 0.538. The SMILES string of the molecule is Cc1[nH]cc(C(=O)N2C[C@@H](C)S[C@H](C)C2)c(=O)c1Br. The molecule has 4 nitrogen and oxygen atoms in total. The van der Waals surface area contributed by atoms with Gasteiger partial charge >= 0.3 is 0 Å². The highest BCUT2D eigenvalue weighted by atomic mass is 79.9. The number of pyridine rings is 1. The summed E-state index contributed by atoms with van der Waals surface area (Å²) in [7, 11) is 0. The Morgan fingerprint density at radius 1 is 1.42 bits per heavy atom. The van der Waals surface area contributed by atoms with Crippen LogP contribution in [0.25, 0.3) is 0 Å². The van der Waals surface area contributed by atoms with Gasteiger partial charge in [-0.15, -0.1) is 0 Å². The second-order valence-corrected chi connectivity index (χ2v) is 7.61. The molecule has 19 heavy (non-hydrogen) atoms. The molecule has 0 bridgehead atoms. The maximum absolute atomic E-state index is 12.5. The van der Waals surface area contributed by atoms with Crippen molar-refractivity contribution >= 4 is 33.6 Å². The van der Waals surface area contributed by atoms with Crippen molar-refractivity contribution in [2.24, 2.45) is 0 Å². The molecular weight excluding hydrogens is 328 g/mol. The second kappa shape index (κ2) is 5.71. The molecule has 1 aliphatic heterocycles. The standard InChI is InChI=1S/C13H17BrN2O2S/c1-7-5-16(6-8(2)19-7)13(18)10-4-15-9(3)11(14)12(10)17/h4,7-8H,5-6H2,1-3H3,(H,15,17)/t7-,8-/m1/s1. The number of aryl methyl sites for hydroxylation is 1. The van der Waals surface area contributed by atoms with Crippen LogP contribution in [-0.4, -0.2) is 39.4 Å². The van der Waals surface area contributed by atoms with Crippen LogP contribution in [0.2, 0.25) is 0 Å². The highest BCUT2D eigenvalue weighted by Gasteiger charge is 2.28. The fourth-order valence-corrected chi connectivity index (χ4v) is 3.92. The molecule has 1 aromatic heterocycles. The van der Waals surface area contributed by atoms with Crippen LogP contribution in [0.3, 0.4) is 0 Å². The van der Waals surface area contributed by atoms with Crippen LogP contribution >= 0.6 is 27.7 Å². The number of carbonyl (C=O) groups excluding carboxylic acids is 1. The van der Waals surface area contributed by atoms with Crippen molar-refractivity contribution in [1.29, 1.82) is 0 Å². The molecule has 1 N–H and O–H groups in total. The molecule has 1 amide bonds. The quantitative estimate of drug-likeness (QED) is 0.851. The molecule has 0 aromatic carbocycles. The number of hydrogen-bond acceptors (Lipinski definition) is 3. The van der Waals surface area contributed by atoms with Crippen LogP contribution < -0.4 is 5.43 Å². The molecule has 0 aliphatic carbocycles. The minimum absolute atomic E-state index is 0.180. The van der Waals surface area contributed by atoms with Crippen molar-refractivity contribution in [3.63, 3.8) is 0 Å². The molecule has 0 radical (unpaired) electrons. The third kappa shape index (κ3) is 3.05. The van der Waals surface area contributed by atoms with Gasteiger partial charge in [0.15, 0.2) is 0 Å². The summed E-state index contributed by atoms with van der Waals surface area (Å²) in [6, 6.07) is 0. The zero-order valence-corrected chi connectivity index (χ0v) is 13.6. The van der Waals surface area contributed by atoms with Crippen molar-refractivity contribution < 1.29 is 4.79 Å². The molecule has 104 valence electrons. The number of nitrogens with one attached hydrogen (secondary N) is 1. The number of aromatic amines is 1. The zero-order chi connectivity index (χ0) is 14.2. The van der Waals surface area contributed by atoms with E-state index in [1.165, 1.54) is 6.20 Å². The number of aromatic nitrogens is 1. The molecule has 0 saturated carbocycles. The number of nitrogens with zero attached hydrogens (tertiary/aromatic N) is 1. The van der Waals surface area contributed by atoms with E-state index in [0.717, 1.165) is 5.69 Å². The van der Waals surface area contributed by atoms with Crippen molar-refractivity contribution in [1.82, 2.24) is 9.88 Å². The average Bonchev–Trinajstić information content (AvgIpc) is 2.34. The predicted molar refractivity (Wildman–Crippen MR) is 81.9 cm³/mol. The van der Waals surface area contributed by atoms with E-state index >= 15 is 0 Å². The Morgan fingerprint density at radius 2 is 2.00 bits per heavy atom. The normalized spacial score (nSPS) is 23.5. The minimum atomic E-state index is -0.236. The highest BCUT2D eigenvalue weighted by molar-refractivity contribution is 9.10. The van der Waals surface area contributed by atoms with Gasteiger partial charge in [0.25, 0.3) is 5.91 Å². The lowest BCUT2D eigenvalue weighted by Crippen LogP contribution is -2.45. The van der Waals surface area contributed by atoms with Gasteiger partial charge in [0.05, 0.1) is 4.47 Å². The summed E-state index contributed by atoms with van der Waals surface area (Å²) in [5, 5.41) is 0.807. The van der Waals surface area contributed by atoms with Crippen LogP contribution in [0.15, 0.2) is 15.5 Å². The van der Waals surface area contributed by atoms with Crippen LogP contribution in [0.1, 0.15) is 29.9 Å². The van der Waals surface area contributed by atoms with Crippen LogP contribution in [0.4, 0.5) is 0 Å². The first-order valence-electron chi connectivity index (χ1n) is 6.22.